The fourth-order valence-corrected chi connectivity index (χ4v) is 4.95. The second-order valence-electron chi connectivity index (χ2n) is 9.81. The minimum absolute atomic E-state index is 0.164. The van der Waals surface area contributed by atoms with Crippen LogP contribution in [0, 0.1) is 0 Å². The molecule has 3 aromatic rings. The van der Waals surface area contributed by atoms with Crippen molar-refractivity contribution in [3.05, 3.63) is 48.9 Å². The van der Waals surface area contributed by atoms with Crippen molar-refractivity contribution in [2.75, 3.05) is 54.5 Å². The van der Waals surface area contributed by atoms with Gasteiger partial charge in [-0.05, 0) is 50.2 Å². The second-order valence-corrected chi connectivity index (χ2v) is 9.81. The summed E-state index contributed by atoms with van der Waals surface area (Å²) in [5.74, 6) is 0.934. The van der Waals surface area contributed by atoms with Gasteiger partial charge < -0.3 is 24.6 Å². The zero-order chi connectivity index (χ0) is 28.1. The summed E-state index contributed by atoms with van der Waals surface area (Å²) in [7, 11) is 0. The van der Waals surface area contributed by atoms with Gasteiger partial charge in [-0.3, -0.25) is 9.69 Å². The number of carbonyl (C=O) groups is 2. The lowest BCUT2D eigenvalue weighted by Gasteiger charge is -2.28. The van der Waals surface area contributed by atoms with E-state index < -0.39 is 6.09 Å². The number of hydrogen-bond donors (Lipinski definition) is 1. The van der Waals surface area contributed by atoms with E-state index in [0.29, 0.717) is 55.9 Å². The van der Waals surface area contributed by atoms with Crippen LogP contribution in [-0.2, 0) is 9.53 Å². The highest BCUT2D eigenvalue weighted by Crippen LogP contribution is 2.33. The van der Waals surface area contributed by atoms with Crippen LogP contribution in [0.1, 0.15) is 33.6 Å². The van der Waals surface area contributed by atoms with Crippen LogP contribution in [0.5, 0.6) is 5.88 Å². The van der Waals surface area contributed by atoms with E-state index >= 15 is 0 Å². The minimum Gasteiger partial charge on any atom is -0.474 e. The van der Waals surface area contributed by atoms with Gasteiger partial charge in [0, 0.05) is 42.7 Å². The predicted molar refractivity (Wildman–Crippen MR) is 153 cm³/mol. The number of anilines is 4. The number of pyridine rings is 1. The van der Waals surface area contributed by atoms with E-state index in [1.807, 2.05) is 29.2 Å². The maximum atomic E-state index is 12.8. The Bertz CT molecular complexity index is 1330. The molecule has 1 aromatic carbocycles. The van der Waals surface area contributed by atoms with E-state index in [0.717, 1.165) is 36.3 Å². The highest BCUT2D eigenvalue weighted by atomic mass is 16.6. The standard InChI is InChI=1S/C29H35N7O4/c1-4-34(5-2)12-14-40-29(38)35-13-15-39-27-25(35)16-23(19-30-27)33-28-31-17-22(18-32-28)21-7-9-24(10-8-21)36-20(3)6-11-26(36)37/h7-10,16-20H,4-6,11-15H2,1-3H3,(H,31,32,33)/t20-/m1/s1. The van der Waals surface area contributed by atoms with Crippen molar-refractivity contribution in [3.8, 4) is 17.0 Å². The molecular formula is C29H35N7O4. The number of nitrogens with one attached hydrogen (secondary N) is 1. The predicted octanol–water partition coefficient (Wildman–Crippen LogP) is 4.47. The van der Waals surface area contributed by atoms with Gasteiger partial charge in [-0.25, -0.2) is 19.7 Å². The lowest BCUT2D eigenvalue weighted by Crippen LogP contribution is -2.39. The summed E-state index contributed by atoms with van der Waals surface area (Å²) in [6.07, 6.45) is 6.15. The smallest absolute Gasteiger partial charge is 0.414 e. The van der Waals surface area contributed by atoms with Gasteiger partial charge in [0.1, 0.15) is 18.9 Å². The molecule has 0 aliphatic carbocycles. The summed E-state index contributed by atoms with van der Waals surface area (Å²) in [6.45, 7) is 9.76. The third-order valence-corrected chi connectivity index (χ3v) is 7.30. The van der Waals surface area contributed by atoms with Crippen LogP contribution < -0.4 is 19.9 Å². The van der Waals surface area contributed by atoms with Gasteiger partial charge in [-0.1, -0.05) is 26.0 Å². The van der Waals surface area contributed by atoms with Crippen molar-refractivity contribution in [1.29, 1.82) is 0 Å². The first-order valence-electron chi connectivity index (χ1n) is 13.8. The molecule has 11 heteroatoms. The van der Waals surface area contributed by atoms with Crippen LogP contribution >= 0.6 is 0 Å². The molecule has 1 saturated heterocycles. The van der Waals surface area contributed by atoms with E-state index in [2.05, 4.69) is 45.9 Å². The molecule has 40 heavy (non-hydrogen) atoms. The van der Waals surface area contributed by atoms with Gasteiger partial charge in [0.05, 0.1) is 18.4 Å². The molecule has 210 valence electrons. The quantitative estimate of drug-likeness (QED) is 0.416. The van der Waals surface area contributed by atoms with Gasteiger partial charge in [0.15, 0.2) is 0 Å². The lowest BCUT2D eigenvalue weighted by molar-refractivity contribution is -0.117. The number of likely N-dealkylation sites (N-methyl/N-ethyl adjacent to an activating group) is 1. The molecule has 4 heterocycles. The maximum Gasteiger partial charge on any atom is 0.414 e. The summed E-state index contributed by atoms with van der Waals surface area (Å²) in [5, 5.41) is 3.15. The van der Waals surface area contributed by atoms with Crippen molar-refractivity contribution in [3.63, 3.8) is 0 Å². The third-order valence-electron chi connectivity index (χ3n) is 7.30. The van der Waals surface area contributed by atoms with Gasteiger partial charge in [0.25, 0.3) is 0 Å². The fraction of sp³-hybridized carbons (Fsp3) is 0.414. The summed E-state index contributed by atoms with van der Waals surface area (Å²) >= 11 is 0. The molecule has 2 amide bonds. The van der Waals surface area contributed by atoms with Gasteiger partial charge in [-0.2, -0.15) is 0 Å². The van der Waals surface area contributed by atoms with Gasteiger partial charge in [0.2, 0.25) is 17.7 Å². The molecular weight excluding hydrogens is 510 g/mol. The molecule has 0 saturated carbocycles. The Morgan fingerprint density at radius 2 is 1.85 bits per heavy atom. The normalized spacial score (nSPS) is 16.6. The topological polar surface area (TPSA) is 113 Å². The summed E-state index contributed by atoms with van der Waals surface area (Å²) in [4.78, 5) is 43.9. The fourth-order valence-electron chi connectivity index (χ4n) is 4.95. The van der Waals surface area contributed by atoms with Crippen LogP contribution in [0.15, 0.2) is 48.9 Å². The molecule has 0 spiro atoms. The number of aromatic nitrogens is 3. The van der Waals surface area contributed by atoms with E-state index in [1.165, 1.54) is 0 Å². The maximum absolute atomic E-state index is 12.8. The lowest BCUT2D eigenvalue weighted by atomic mass is 10.1. The van der Waals surface area contributed by atoms with Crippen molar-refractivity contribution in [1.82, 2.24) is 19.9 Å². The number of rotatable bonds is 9. The average molecular weight is 546 g/mol. The first kappa shape index (κ1) is 27.3. The summed E-state index contributed by atoms with van der Waals surface area (Å²) in [5.41, 5.74) is 3.87. The number of benzene rings is 1. The Balaban J connectivity index is 1.24. The molecule has 0 radical (unpaired) electrons. The van der Waals surface area contributed by atoms with E-state index in [-0.39, 0.29) is 11.9 Å². The number of carbonyl (C=O) groups excluding carboxylic acids is 2. The number of amides is 2. The van der Waals surface area contributed by atoms with Crippen LogP contribution in [0.4, 0.5) is 27.8 Å². The van der Waals surface area contributed by atoms with Crippen LogP contribution in [0.2, 0.25) is 0 Å². The highest BCUT2D eigenvalue weighted by molar-refractivity contribution is 5.96. The van der Waals surface area contributed by atoms with E-state index in [4.69, 9.17) is 9.47 Å². The molecule has 1 fully saturated rings. The highest BCUT2D eigenvalue weighted by Gasteiger charge is 2.29. The monoisotopic (exact) mass is 545 g/mol. The van der Waals surface area contributed by atoms with E-state index in [9.17, 15) is 9.59 Å². The van der Waals surface area contributed by atoms with Gasteiger partial charge >= 0.3 is 6.09 Å². The molecule has 1 atom stereocenters. The Kier molecular flexibility index (Phi) is 8.40. The van der Waals surface area contributed by atoms with E-state index in [1.54, 1.807) is 29.6 Å². The molecule has 0 unspecified atom stereocenters. The largest absolute Gasteiger partial charge is 0.474 e. The first-order valence-corrected chi connectivity index (χ1v) is 13.8. The number of ether oxygens (including phenoxy) is 2. The number of fused-ring (bicyclic) bond motifs is 1. The molecule has 2 aliphatic rings. The Labute approximate surface area is 234 Å². The van der Waals surface area contributed by atoms with Crippen LogP contribution in [0.3, 0.4) is 0 Å². The molecule has 11 nitrogen and oxygen atoms in total. The zero-order valence-electron chi connectivity index (χ0n) is 23.2. The van der Waals surface area contributed by atoms with Crippen molar-refractivity contribution >= 4 is 35.0 Å². The third kappa shape index (κ3) is 5.99. The molecule has 2 aromatic heterocycles. The Hall–Kier alpha value is -4.25. The molecule has 1 N–H and O–H groups in total. The van der Waals surface area contributed by atoms with Crippen molar-refractivity contribution < 1.29 is 19.1 Å². The minimum atomic E-state index is -0.425. The Morgan fingerprint density at radius 1 is 1.10 bits per heavy atom. The molecule has 5 rings (SSSR count). The zero-order valence-corrected chi connectivity index (χ0v) is 23.2. The van der Waals surface area contributed by atoms with Gasteiger partial charge in [-0.15, -0.1) is 0 Å². The van der Waals surface area contributed by atoms with Crippen LogP contribution in [-0.4, -0.2) is 77.3 Å². The number of hydrogen-bond acceptors (Lipinski definition) is 9. The number of nitrogens with zero attached hydrogens (tertiary/aromatic N) is 6. The summed E-state index contributed by atoms with van der Waals surface area (Å²) < 4.78 is 11.2. The molecule has 0 bridgehead atoms. The average Bonchev–Trinajstić information content (AvgIpc) is 3.32. The second kappa shape index (κ2) is 12.3. The van der Waals surface area contributed by atoms with Crippen LogP contribution in [0.25, 0.3) is 11.1 Å². The summed E-state index contributed by atoms with van der Waals surface area (Å²) in [6, 6.07) is 9.87. The van der Waals surface area contributed by atoms with Crippen molar-refractivity contribution in [2.45, 2.75) is 39.7 Å². The first-order chi connectivity index (χ1) is 19.5. The van der Waals surface area contributed by atoms with Crippen molar-refractivity contribution in [2.24, 2.45) is 0 Å². The molecule has 2 aliphatic heterocycles. The SMILES string of the molecule is CCN(CC)CCOC(=O)N1CCOc2ncc(Nc3ncc(-c4ccc(N5C(=O)CC[C@H]5C)cc4)cn3)cc21. The Morgan fingerprint density at radius 3 is 2.52 bits per heavy atom.